The summed E-state index contributed by atoms with van der Waals surface area (Å²) in [6.07, 6.45) is 3.51. The second-order valence-corrected chi connectivity index (χ2v) is 7.31. The Hall–Kier alpha value is -1.60. The van der Waals surface area contributed by atoms with Crippen molar-refractivity contribution in [2.24, 2.45) is 0 Å². The number of anilines is 1. The van der Waals surface area contributed by atoms with Crippen LogP contribution >= 0.6 is 0 Å². The van der Waals surface area contributed by atoms with Crippen molar-refractivity contribution in [3.8, 4) is 0 Å². The molecule has 0 amide bonds. The number of carbonyl (C=O) groups is 1. The molecular weight excluding hydrogens is 316 g/mol. The van der Waals surface area contributed by atoms with Gasteiger partial charge in [0.05, 0.1) is 11.3 Å². The number of carboxylic acids is 1. The maximum Gasteiger partial charge on any atom is 0.335 e. The molecule has 1 rings (SSSR count). The monoisotopic (exact) mass is 342 g/mol. The molecule has 1 aromatic rings. The molecule has 1 atom stereocenters. The van der Waals surface area contributed by atoms with E-state index in [1.165, 1.54) is 18.2 Å². The fourth-order valence-corrected chi connectivity index (χ4v) is 3.29. The zero-order valence-corrected chi connectivity index (χ0v) is 14.7. The van der Waals surface area contributed by atoms with Crippen molar-refractivity contribution < 1.29 is 18.3 Å². The lowest BCUT2D eigenvalue weighted by Gasteiger charge is -2.17. The average molecular weight is 342 g/mol. The Labute approximate surface area is 138 Å². The molecule has 0 saturated heterocycles. The molecule has 0 aliphatic rings. The molecule has 0 radical (unpaired) electrons. The highest BCUT2D eigenvalue weighted by molar-refractivity contribution is 7.89. The lowest BCUT2D eigenvalue weighted by atomic mass is 10.2. The van der Waals surface area contributed by atoms with Gasteiger partial charge in [-0.15, -0.1) is 0 Å². The summed E-state index contributed by atoms with van der Waals surface area (Å²) in [5.41, 5.74) is 0.376. The molecule has 0 spiro atoms. The van der Waals surface area contributed by atoms with Crippen LogP contribution in [0, 0.1) is 0 Å². The Balaban J connectivity index is 3.12. The smallest absolute Gasteiger partial charge is 0.335 e. The summed E-state index contributed by atoms with van der Waals surface area (Å²) in [6.45, 7) is 6.31. The van der Waals surface area contributed by atoms with Crippen molar-refractivity contribution in [1.82, 2.24) is 4.72 Å². The van der Waals surface area contributed by atoms with E-state index < -0.39 is 16.0 Å². The van der Waals surface area contributed by atoms with Crippen LogP contribution in [0.1, 0.15) is 56.8 Å². The van der Waals surface area contributed by atoms with E-state index in [4.69, 9.17) is 5.11 Å². The number of hydrogen-bond donors (Lipinski definition) is 3. The second-order valence-electron chi connectivity index (χ2n) is 5.57. The van der Waals surface area contributed by atoms with E-state index in [0.29, 0.717) is 12.2 Å². The van der Waals surface area contributed by atoms with Gasteiger partial charge in [0.1, 0.15) is 4.90 Å². The number of unbranched alkanes of at least 4 members (excludes halogenated alkanes) is 2. The number of hydrogen-bond acceptors (Lipinski definition) is 4. The van der Waals surface area contributed by atoms with Gasteiger partial charge < -0.3 is 10.4 Å². The van der Waals surface area contributed by atoms with Crippen LogP contribution in [0.2, 0.25) is 0 Å². The third-order valence-electron chi connectivity index (χ3n) is 3.60. The summed E-state index contributed by atoms with van der Waals surface area (Å²) in [5, 5.41) is 12.2. The highest BCUT2D eigenvalue weighted by atomic mass is 32.2. The van der Waals surface area contributed by atoms with Crippen LogP contribution in [0.5, 0.6) is 0 Å². The maximum atomic E-state index is 12.5. The Kier molecular flexibility index (Phi) is 7.51. The van der Waals surface area contributed by atoms with Gasteiger partial charge in [0.2, 0.25) is 10.0 Å². The zero-order chi connectivity index (χ0) is 17.5. The molecule has 0 heterocycles. The minimum atomic E-state index is -3.76. The molecule has 6 nitrogen and oxygen atoms in total. The van der Waals surface area contributed by atoms with Gasteiger partial charge in [-0.2, -0.15) is 0 Å². The van der Waals surface area contributed by atoms with Gasteiger partial charge in [-0.25, -0.2) is 17.9 Å². The first-order chi connectivity index (χ1) is 10.8. The minimum absolute atomic E-state index is 0.0193. The highest BCUT2D eigenvalue weighted by Crippen LogP contribution is 2.24. The first-order valence-corrected chi connectivity index (χ1v) is 9.43. The van der Waals surface area contributed by atoms with E-state index in [0.717, 1.165) is 25.7 Å². The summed E-state index contributed by atoms with van der Waals surface area (Å²) in [7, 11) is -3.76. The van der Waals surface area contributed by atoms with Gasteiger partial charge in [-0.05, 0) is 38.0 Å². The summed E-state index contributed by atoms with van der Waals surface area (Å²) >= 11 is 0. The summed E-state index contributed by atoms with van der Waals surface area (Å²) < 4.78 is 27.6. The fourth-order valence-electron chi connectivity index (χ4n) is 2.02. The molecule has 0 bridgehead atoms. The lowest BCUT2D eigenvalue weighted by Crippen LogP contribution is -2.27. The van der Waals surface area contributed by atoms with Gasteiger partial charge in [0.25, 0.3) is 0 Å². The molecule has 130 valence electrons. The molecule has 1 aromatic carbocycles. The number of nitrogens with one attached hydrogen (secondary N) is 2. The topological polar surface area (TPSA) is 95.5 Å². The fraction of sp³-hybridized carbons (Fsp3) is 0.562. The molecule has 23 heavy (non-hydrogen) atoms. The van der Waals surface area contributed by atoms with Gasteiger partial charge in [0, 0.05) is 12.6 Å². The molecule has 3 N–H and O–H groups in total. The van der Waals surface area contributed by atoms with Crippen molar-refractivity contribution >= 4 is 21.7 Å². The summed E-state index contributed by atoms with van der Waals surface area (Å²) in [6, 6.07) is 4.20. The molecule has 0 aliphatic carbocycles. The number of sulfonamides is 1. The number of rotatable bonds is 10. The quantitative estimate of drug-likeness (QED) is 0.568. The average Bonchev–Trinajstić information content (AvgIpc) is 2.51. The standard InChI is InChI=1S/C16H26N2O4S/c1-4-6-7-10-17-23(21,22)15-11-13(16(19)20)8-9-14(15)18-12(3)5-2/h8-9,11-12,17-18H,4-7,10H2,1-3H3,(H,19,20)/t12-/m1/s1. The molecule has 0 aliphatic heterocycles. The summed E-state index contributed by atoms with van der Waals surface area (Å²) in [5.74, 6) is -1.15. The third kappa shape index (κ3) is 5.84. The minimum Gasteiger partial charge on any atom is -0.478 e. The Morgan fingerprint density at radius 1 is 1.26 bits per heavy atom. The summed E-state index contributed by atoms with van der Waals surface area (Å²) in [4.78, 5) is 11.1. The van der Waals surface area contributed by atoms with Gasteiger partial charge in [-0.1, -0.05) is 26.7 Å². The predicted molar refractivity (Wildman–Crippen MR) is 91.5 cm³/mol. The van der Waals surface area contributed by atoms with Crippen LogP contribution in [-0.2, 0) is 10.0 Å². The molecule has 0 fully saturated rings. The largest absolute Gasteiger partial charge is 0.478 e. The Bertz CT molecular complexity index is 629. The van der Waals surface area contributed by atoms with Crippen LogP contribution < -0.4 is 10.0 Å². The van der Waals surface area contributed by atoms with E-state index in [-0.39, 0.29) is 16.5 Å². The van der Waals surface area contributed by atoms with Gasteiger partial charge >= 0.3 is 5.97 Å². The normalized spacial score (nSPS) is 12.8. The first kappa shape index (κ1) is 19.4. The Morgan fingerprint density at radius 2 is 1.96 bits per heavy atom. The maximum absolute atomic E-state index is 12.5. The van der Waals surface area contributed by atoms with Crippen LogP contribution in [0.3, 0.4) is 0 Å². The Morgan fingerprint density at radius 3 is 2.52 bits per heavy atom. The SMILES string of the molecule is CCCCCNS(=O)(=O)c1cc(C(=O)O)ccc1N[C@H](C)CC. The van der Waals surface area contributed by atoms with E-state index in [1.807, 2.05) is 20.8 Å². The molecule has 7 heteroatoms. The van der Waals surface area contributed by atoms with Gasteiger partial charge in [0.15, 0.2) is 0 Å². The predicted octanol–water partition coefficient (Wildman–Crippen LogP) is 3.06. The van der Waals surface area contributed by atoms with Crippen molar-refractivity contribution in [2.75, 3.05) is 11.9 Å². The number of carboxylic acid groups (broad SMARTS) is 1. The van der Waals surface area contributed by atoms with Crippen molar-refractivity contribution in [2.45, 2.75) is 57.4 Å². The van der Waals surface area contributed by atoms with Crippen molar-refractivity contribution in [3.05, 3.63) is 23.8 Å². The number of aromatic carboxylic acids is 1. The highest BCUT2D eigenvalue weighted by Gasteiger charge is 2.21. The van der Waals surface area contributed by atoms with Crippen molar-refractivity contribution in [1.29, 1.82) is 0 Å². The van der Waals surface area contributed by atoms with Crippen LogP contribution in [-0.4, -0.2) is 32.1 Å². The molecule has 0 aromatic heterocycles. The van der Waals surface area contributed by atoms with Crippen LogP contribution in [0.15, 0.2) is 23.1 Å². The van der Waals surface area contributed by atoms with E-state index in [1.54, 1.807) is 0 Å². The van der Waals surface area contributed by atoms with Crippen LogP contribution in [0.4, 0.5) is 5.69 Å². The lowest BCUT2D eigenvalue weighted by molar-refractivity contribution is 0.0696. The van der Waals surface area contributed by atoms with Gasteiger partial charge in [-0.3, -0.25) is 0 Å². The van der Waals surface area contributed by atoms with E-state index >= 15 is 0 Å². The molecule has 0 saturated carbocycles. The second kappa shape index (κ2) is 8.88. The van der Waals surface area contributed by atoms with Crippen LogP contribution in [0.25, 0.3) is 0 Å². The third-order valence-corrected chi connectivity index (χ3v) is 5.11. The van der Waals surface area contributed by atoms with Crippen molar-refractivity contribution in [3.63, 3.8) is 0 Å². The first-order valence-electron chi connectivity index (χ1n) is 7.95. The van der Waals surface area contributed by atoms with E-state index in [9.17, 15) is 13.2 Å². The molecule has 0 unspecified atom stereocenters. The zero-order valence-electron chi connectivity index (χ0n) is 13.9. The number of benzene rings is 1. The van der Waals surface area contributed by atoms with E-state index in [2.05, 4.69) is 10.0 Å². The molecular formula is C16H26N2O4S.